The van der Waals surface area contributed by atoms with Crippen molar-refractivity contribution in [3.63, 3.8) is 0 Å². The van der Waals surface area contributed by atoms with Crippen LogP contribution in [0.25, 0.3) is 0 Å². The van der Waals surface area contributed by atoms with Gasteiger partial charge in [-0.25, -0.2) is 8.42 Å². The second-order valence-electron chi connectivity index (χ2n) is 6.18. The van der Waals surface area contributed by atoms with E-state index in [1.165, 1.54) is 0 Å². The van der Waals surface area contributed by atoms with Crippen molar-refractivity contribution in [2.45, 2.75) is 13.8 Å². The van der Waals surface area contributed by atoms with Gasteiger partial charge < -0.3 is 20.1 Å². The molecule has 0 spiro atoms. The standard InChI is InChI=1S/C18H30N4O4S.HI/c1-4-19-18(20-8-9-22-10-12-27(23,24)13-11-22)21-15-6-7-16(26-5-2)17(14-15)25-3;/h6-7,14H,4-5,8-13H2,1-3H3,(H2,19,20,21);1H. The molecule has 0 atom stereocenters. The predicted molar refractivity (Wildman–Crippen MR) is 124 cm³/mol. The highest BCUT2D eigenvalue weighted by molar-refractivity contribution is 14.0. The van der Waals surface area contributed by atoms with Crippen LogP contribution in [0.1, 0.15) is 13.8 Å². The van der Waals surface area contributed by atoms with E-state index < -0.39 is 9.84 Å². The molecule has 8 nitrogen and oxygen atoms in total. The van der Waals surface area contributed by atoms with Crippen LogP contribution in [-0.4, -0.2) is 77.2 Å². The fraction of sp³-hybridized carbons (Fsp3) is 0.611. The third-order valence-corrected chi connectivity index (χ3v) is 5.80. The number of ether oxygens (including phenoxy) is 2. The number of methoxy groups -OCH3 is 1. The van der Waals surface area contributed by atoms with E-state index in [0.29, 0.717) is 43.7 Å². The number of halogens is 1. The average molecular weight is 526 g/mol. The summed E-state index contributed by atoms with van der Waals surface area (Å²) in [6, 6.07) is 5.64. The fourth-order valence-electron chi connectivity index (χ4n) is 2.74. The minimum absolute atomic E-state index is 0. The third-order valence-electron chi connectivity index (χ3n) is 4.19. The molecule has 1 saturated heterocycles. The molecule has 1 aromatic rings. The normalized spacial score (nSPS) is 16.8. The van der Waals surface area contributed by atoms with Crippen molar-refractivity contribution in [2.24, 2.45) is 4.99 Å². The number of hydrogen-bond donors (Lipinski definition) is 2. The van der Waals surface area contributed by atoms with Gasteiger partial charge >= 0.3 is 0 Å². The number of nitrogens with one attached hydrogen (secondary N) is 2. The Morgan fingerprint density at radius 1 is 1.21 bits per heavy atom. The quantitative estimate of drug-likeness (QED) is 0.303. The van der Waals surface area contributed by atoms with Gasteiger partial charge in [0.2, 0.25) is 0 Å². The summed E-state index contributed by atoms with van der Waals surface area (Å²) in [6.45, 7) is 7.73. The van der Waals surface area contributed by atoms with Crippen LogP contribution in [0.5, 0.6) is 11.5 Å². The van der Waals surface area contributed by atoms with Gasteiger partial charge in [-0.3, -0.25) is 9.89 Å². The van der Waals surface area contributed by atoms with Crippen LogP contribution >= 0.6 is 24.0 Å². The first-order valence-corrected chi connectivity index (χ1v) is 11.1. The predicted octanol–water partition coefficient (Wildman–Crippen LogP) is 1.82. The Hall–Kier alpha value is -1.27. The Kier molecular flexibility index (Phi) is 10.9. The molecule has 0 saturated carbocycles. The molecule has 28 heavy (non-hydrogen) atoms. The van der Waals surface area contributed by atoms with E-state index in [1.807, 2.05) is 32.0 Å². The van der Waals surface area contributed by atoms with Crippen LogP contribution in [0, 0.1) is 0 Å². The Morgan fingerprint density at radius 3 is 2.54 bits per heavy atom. The van der Waals surface area contributed by atoms with E-state index in [0.717, 1.165) is 18.8 Å². The Balaban J connectivity index is 0.00000392. The number of rotatable bonds is 8. The van der Waals surface area contributed by atoms with E-state index in [4.69, 9.17) is 9.47 Å². The first-order valence-electron chi connectivity index (χ1n) is 9.26. The van der Waals surface area contributed by atoms with Crippen LogP contribution in [-0.2, 0) is 9.84 Å². The van der Waals surface area contributed by atoms with Crippen molar-refractivity contribution < 1.29 is 17.9 Å². The molecule has 1 heterocycles. The lowest BCUT2D eigenvalue weighted by Gasteiger charge is -2.25. The van der Waals surface area contributed by atoms with Gasteiger partial charge in [0.15, 0.2) is 27.3 Å². The summed E-state index contributed by atoms with van der Waals surface area (Å²) in [5.41, 5.74) is 0.846. The summed E-state index contributed by atoms with van der Waals surface area (Å²) in [5.74, 6) is 2.51. The zero-order valence-corrected chi connectivity index (χ0v) is 19.9. The maximum atomic E-state index is 11.5. The largest absolute Gasteiger partial charge is 0.493 e. The Labute approximate surface area is 185 Å². The summed E-state index contributed by atoms with van der Waals surface area (Å²) in [7, 11) is -1.23. The lowest BCUT2D eigenvalue weighted by atomic mass is 10.2. The zero-order valence-electron chi connectivity index (χ0n) is 16.7. The summed E-state index contributed by atoms with van der Waals surface area (Å²) in [6.07, 6.45) is 0. The molecular formula is C18H31IN4O4S. The molecule has 0 amide bonds. The van der Waals surface area contributed by atoms with E-state index in [1.54, 1.807) is 7.11 Å². The average Bonchev–Trinajstić information content (AvgIpc) is 2.64. The minimum Gasteiger partial charge on any atom is -0.493 e. The molecule has 2 N–H and O–H groups in total. The number of nitrogens with zero attached hydrogens (tertiary/aromatic N) is 2. The molecule has 0 radical (unpaired) electrons. The van der Waals surface area contributed by atoms with E-state index >= 15 is 0 Å². The molecule has 1 aromatic carbocycles. The van der Waals surface area contributed by atoms with E-state index in [2.05, 4.69) is 20.5 Å². The van der Waals surface area contributed by atoms with Gasteiger partial charge in [0.1, 0.15) is 0 Å². The molecule has 1 aliphatic heterocycles. The first kappa shape index (κ1) is 24.8. The number of sulfone groups is 1. The van der Waals surface area contributed by atoms with Gasteiger partial charge in [-0.15, -0.1) is 24.0 Å². The highest BCUT2D eigenvalue weighted by atomic mass is 127. The SMILES string of the molecule is CCNC(=NCCN1CCS(=O)(=O)CC1)Nc1ccc(OCC)c(OC)c1.I. The summed E-state index contributed by atoms with van der Waals surface area (Å²) >= 11 is 0. The van der Waals surface area contributed by atoms with Crippen molar-refractivity contribution in [3.05, 3.63) is 18.2 Å². The smallest absolute Gasteiger partial charge is 0.195 e. The molecule has 10 heteroatoms. The van der Waals surface area contributed by atoms with Gasteiger partial charge in [0, 0.05) is 37.9 Å². The number of anilines is 1. The molecule has 2 rings (SSSR count). The van der Waals surface area contributed by atoms with Gasteiger partial charge in [0.25, 0.3) is 0 Å². The zero-order chi connectivity index (χ0) is 19.7. The van der Waals surface area contributed by atoms with Crippen LogP contribution in [0.2, 0.25) is 0 Å². The molecule has 0 aromatic heterocycles. The Morgan fingerprint density at radius 2 is 1.93 bits per heavy atom. The lowest BCUT2D eigenvalue weighted by Crippen LogP contribution is -2.41. The van der Waals surface area contributed by atoms with Crippen LogP contribution in [0.3, 0.4) is 0 Å². The topological polar surface area (TPSA) is 92.3 Å². The fourth-order valence-corrected chi connectivity index (χ4v) is 4.02. The third kappa shape index (κ3) is 8.00. The summed E-state index contributed by atoms with van der Waals surface area (Å²) < 4.78 is 33.9. The van der Waals surface area contributed by atoms with Crippen molar-refractivity contribution in [1.82, 2.24) is 10.2 Å². The summed E-state index contributed by atoms with van der Waals surface area (Å²) in [5, 5.41) is 6.48. The molecule has 0 unspecified atom stereocenters. The highest BCUT2D eigenvalue weighted by Crippen LogP contribution is 2.30. The molecular weight excluding hydrogens is 495 g/mol. The summed E-state index contributed by atoms with van der Waals surface area (Å²) in [4.78, 5) is 6.72. The van der Waals surface area contributed by atoms with Crippen molar-refractivity contribution >= 4 is 45.5 Å². The van der Waals surface area contributed by atoms with E-state index in [9.17, 15) is 8.42 Å². The van der Waals surface area contributed by atoms with Crippen molar-refractivity contribution in [3.8, 4) is 11.5 Å². The van der Waals surface area contributed by atoms with Gasteiger partial charge in [-0.2, -0.15) is 0 Å². The maximum Gasteiger partial charge on any atom is 0.195 e. The number of benzene rings is 1. The molecule has 1 fully saturated rings. The second-order valence-corrected chi connectivity index (χ2v) is 8.48. The van der Waals surface area contributed by atoms with Gasteiger partial charge in [0.05, 0.1) is 31.8 Å². The number of hydrogen-bond acceptors (Lipinski definition) is 6. The van der Waals surface area contributed by atoms with Gasteiger partial charge in [-0.1, -0.05) is 0 Å². The first-order chi connectivity index (χ1) is 13.0. The van der Waals surface area contributed by atoms with E-state index in [-0.39, 0.29) is 35.5 Å². The molecule has 160 valence electrons. The minimum atomic E-state index is -2.85. The van der Waals surface area contributed by atoms with Crippen LogP contribution in [0.15, 0.2) is 23.2 Å². The maximum absolute atomic E-state index is 11.5. The van der Waals surface area contributed by atoms with Crippen LogP contribution < -0.4 is 20.1 Å². The molecule has 1 aliphatic rings. The lowest BCUT2D eigenvalue weighted by molar-refractivity contribution is 0.304. The highest BCUT2D eigenvalue weighted by Gasteiger charge is 2.20. The molecule has 0 aliphatic carbocycles. The number of guanidine groups is 1. The van der Waals surface area contributed by atoms with Crippen molar-refractivity contribution in [2.75, 3.05) is 63.3 Å². The van der Waals surface area contributed by atoms with Crippen molar-refractivity contribution in [1.29, 1.82) is 0 Å². The van der Waals surface area contributed by atoms with Crippen LogP contribution in [0.4, 0.5) is 5.69 Å². The monoisotopic (exact) mass is 526 g/mol. The van der Waals surface area contributed by atoms with Gasteiger partial charge in [-0.05, 0) is 26.0 Å². The second kappa shape index (κ2) is 12.3. The Bertz CT molecular complexity index is 729. The number of aliphatic imine (C=N–C) groups is 1. The molecule has 0 bridgehead atoms.